The summed E-state index contributed by atoms with van der Waals surface area (Å²) in [7, 11) is 0. The lowest BCUT2D eigenvalue weighted by atomic mass is 9.86. The van der Waals surface area contributed by atoms with Crippen LogP contribution < -0.4 is 5.32 Å². The van der Waals surface area contributed by atoms with Gasteiger partial charge >= 0.3 is 5.97 Å². The number of aromatic carboxylic acids is 1. The molecule has 1 aliphatic rings. The molecule has 54 heavy (non-hydrogen) atoms. The zero-order chi connectivity index (χ0) is 39.3. The number of rotatable bonds is 4. The van der Waals surface area contributed by atoms with E-state index in [-0.39, 0.29) is 34.2 Å². The molecule has 5 heterocycles. The van der Waals surface area contributed by atoms with Gasteiger partial charge in [-0.15, -0.1) is 0 Å². The number of amides is 2. The molecule has 1 fully saturated rings. The van der Waals surface area contributed by atoms with Crippen molar-refractivity contribution in [1.82, 2.24) is 20.2 Å². The molecular formula is C42H42Cl2N4O6. The first-order valence-corrected chi connectivity index (χ1v) is 18.2. The maximum atomic E-state index is 13.3. The topological polar surface area (TPSA) is 139 Å². The summed E-state index contributed by atoms with van der Waals surface area (Å²) in [6.45, 7) is 16.7. The number of carbonyl (C=O) groups is 3. The Morgan fingerprint density at radius 1 is 0.741 bits per heavy atom. The second kappa shape index (κ2) is 14.2. The van der Waals surface area contributed by atoms with E-state index in [2.05, 4.69) is 51.8 Å². The number of fused-ring (bicyclic) bond motifs is 2. The minimum absolute atomic E-state index is 0.105. The van der Waals surface area contributed by atoms with E-state index in [1.54, 1.807) is 36.9 Å². The van der Waals surface area contributed by atoms with Gasteiger partial charge in [0.2, 0.25) is 11.7 Å². The number of halogens is 2. The van der Waals surface area contributed by atoms with Gasteiger partial charge in [-0.05, 0) is 61.1 Å². The van der Waals surface area contributed by atoms with Crippen LogP contribution in [0.3, 0.4) is 0 Å². The molecule has 0 aliphatic carbocycles. The molecule has 12 heteroatoms. The van der Waals surface area contributed by atoms with Gasteiger partial charge in [-0.3, -0.25) is 9.59 Å². The molecule has 0 saturated carbocycles. The van der Waals surface area contributed by atoms with E-state index in [0.717, 1.165) is 33.6 Å². The Morgan fingerprint density at radius 3 is 1.59 bits per heavy atom. The van der Waals surface area contributed by atoms with Crippen LogP contribution in [0.1, 0.15) is 87.6 Å². The third kappa shape index (κ3) is 7.72. The summed E-state index contributed by atoms with van der Waals surface area (Å²) in [4.78, 5) is 47.6. The van der Waals surface area contributed by atoms with Crippen molar-refractivity contribution < 1.29 is 28.3 Å². The predicted molar refractivity (Wildman–Crippen MR) is 211 cm³/mol. The van der Waals surface area contributed by atoms with E-state index >= 15 is 0 Å². The Labute approximate surface area is 323 Å². The van der Waals surface area contributed by atoms with Gasteiger partial charge in [-0.1, -0.05) is 89.0 Å². The van der Waals surface area contributed by atoms with Crippen LogP contribution in [0.15, 0.2) is 81.6 Å². The highest BCUT2D eigenvalue weighted by atomic mass is 35.5. The average molecular weight is 770 g/mol. The fourth-order valence-electron chi connectivity index (χ4n) is 6.29. The van der Waals surface area contributed by atoms with Crippen LogP contribution in [-0.4, -0.2) is 56.4 Å². The lowest BCUT2D eigenvalue weighted by molar-refractivity contribution is -0.133. The Balaban J connectivity index is 0.000000193. The van der Waals surface area contributed by atoms with Crippen LogP contribution in [0, 0.1) is 0 Å². The lowest BCUT2D eigenvalue weighted by Crippen LogP contribution is -2.63. The van der Waals surface area contributed by atoms with Crippen LogP contribution in [0.25, 0.3) is 44.7 Å². The molecule has 0 unspecified atom stereocenters. The third-order valence-electron chi connectivity index (χ3n) is 9.37. The summed E-state index contributed by atoms with van der Waals surface area (Å²) in [6.07, 6.45) is 0. The van der Waals surface area contributed by atoms with Gasteiger partial charge in [0.25, 0.3) is 5.91 Å². The maximum absolute atomic E-state index is 13.3. The zero-order valence-corrected chi connectivity index (χ0v) is 32.9. The molecule has 0 atom stereocenters. The number of furan rings is 2. The second-order valence-corrected chi connectivity index (χ2v) is 16.7. The molecule has 1 aliphatic heterocycles. The Hall–Kier alpha value is -5.19. The first-order valence-electron chi connectivity index (χ1n) is 17.5. The normalized spacial score (nSPS) is 14.5. The van der Waals surface area contributed by atoms with Gasteiger partial charge in [0.1, 0.15) is 16.6 Å². The number of carboxylic acids is 1. The SMILES string of the molecule is CC(C)(C)c1cc(-c2ccc(Cl)cc2)nc2cc(C(=O)N3CCNC(=O)C3(C)C)oc12.CC(C)(C)c1cc(-c2ccc(Cl)cc2)nc2cc(C(=O)O)oc12. The number of carbonyl (C=O) groups excluding carboxylic acids is 2. The molecule has 6 aromatic rings. The quantitative estimate of drug-likeness (QED) is 0.181. The van der Waals surface area contributed by atoms with Crippen LogP contribution in [0.5, 0.6) is 0 Å². The lowest BCUT2D eigenvalue weighted by Gasteiger charge is -2.40. The molecule has 2 aromatic carbocycles. The van der Waals surface area contributed by atoms with E-state index < -0.39 is 11.5 Å². The number of carboxylic acid groups (broad SMARTS) is 1. The summed E-state index contributed by atoms with van der Waals surface area (Å²) in [5, 5.41) is 13.3. The van der Waals surface area contributed by atoms with Crippen molar-refractivity contribution in [2.24, 2.45) is 0 Å². The second-order valence-electron chi connectivity index (χ2n) is 15.9. The fourth-order valence-corrected chi connectivity index (χ4v) is 6.55. The molecule has 4 aromatic heterocycles. The summed E-state index contributed by atoms with van der Waals surface area (Å²) >= 11 is 12.0. The van der Waals surface area contributed by atoms with Crippen molar-refractivity contribution in [3.05, 3.63) is 105 Å². The minimum Gasteiger partial charge on any atom is -0.475 e. The summed E-state index contributed by atoms with van der Waals surface area (Å²) < 4.78 is 11.6. The van der Waals surface area contributed by atoms with E-state index in [1.807, 2.05) is 48.5 Å². The van der Waals surface area contributed by atoms with Gasteiger partial charge in [0.05, 0.1) is 11.4 Å². The highest BCUT2D eigenvalue weighted by Gasteiger charge is 2.42. The highest BCUT2D eigenvalue weighted by molar-refractivity contribution is 6.31. The number of pyridine rings is 2. The molecule has 0 spiro atoms. The first kappa shape index (κ1) is 38.5. The fraction of sp³-hybridized carbons (Fsp3) is 0.310. The Bertz CT molecular complexity index is 2400. The van der Waals surface area contributed by atoms with Gasteiger partial charge in [0, 0.05) is 57.5 Å². The highest BCUT2D eigenvalue weighted by Crippen LogP contribution is 2.37. The monoisotopic (exact) mass is 768 g/mol. The van der Waals surface area contributed by atoms with Crippen molar-refractivity contribution in [2.75, 3.05) is 13.1 Å². The predicted octanol–water partition coefficient (Wildman–Crippen LogP) is 9.94. The largest absolute Gasteiger partial charge is 0.475 e. The molecule has 280 valence electrons. The molecular weight excluding hydrogens is 727 g/mol. The number of hydrogen-bond acceptors (Lipinski definition) is 7. The van der Waals surface area contributed by atoms with Crippen LogP contribution in [0.4, 0.5) is 0 Å². The van der Waals surface area contributed by atoms with Gasteiger partial charge in [-0.2, -0.15) is 0 Å². The van der Waals surface area contributed by atoms with Crippen molar-refractivity contribution in [2.45, 2.75) is 71.8 Å². The number of hydrogen-bond donors (Lipinski definition) is 2. The third-order valence-corrected chi connectivity index (χ3v) is 9.88. The van der Waals surface area contributed by atoms with Crippen LogP contribution in [0.2, 0.25) is 10.0 Å². The van der Waals surface area contributed by atoms with Crippen LogP contribution >= 0.6 is 23.2 Å². The molecule has 7 rings (SSSR count). The standard InChI is InChI=1S/C24H26ClN3O3.C18H16ClNO3/c1-23(2,3)16-12-17(14-6-8-15(25)9-7-14)27-18-13-19(31-20(16)18)21(29)28-11-10-26-22(30)24(28,4)5;1-18(2,3)12-8-13(10-4-6-11(19)7-5-10)20-14-9-15(17(21)22)23-16(12)14/h6-9,12-13H,10-11H2,1-5H3,(H,26,30);4-9H,1-3H3,(H,21,22). The molecule has 2 amide bonds. The number of nitrogens with one attached hydrogen (secondary N) is 1. The Kier molecular flexibility index (Phi) is 10.2. The zero-order valence-electron chi connectivity index (χ0n) is 31.4. The van der Waals surface area contributed by atoms with Gasteiger partial charge in [0.15, 0.2) is 16.9 Å². The Morgan fingerprint density at radius 2 is 1.17 bits per heavy atom. The summed E-state index contributed by atoms with van der Waals surface area (Å²) in [6, 6.07) is 22.0. The van der Waals surface area contributed by atoms with E-state index in [0.29, 0.717) is 45.3 Å². The van der Waals surface area contributed by atoms with E-state index in [1.165, 1.54) is 6.07 Å². The van der Waals surface area contributed by atoms with Crippen molar-refractivity contribution >= 4 is 63.2 Å². The van der Waals surface area contributed by atoms with Crippen molar-refractivity contribution in [3.8, 4) is 22.5 Å². The summed E-state index contributed by atoms with van der Waals surface area (Å²) in [5.41, 5.74) is 6.13. The van der Waals surface area contributed by atoms with E-state index in [9.17, 15) is 14.4 Å². The number of aromatic nitrogens is 2. The van der Waals surface area contributed by atoms with E-state index in [4.69, 9.17) is 42.1 Å². The molecule has 0 bridgehead atoms. The molecule has 0 radical (unpaired) electrons. The first-order chi connectivity index (χ1) is 25.2. The smallest absolute Gasteiger partial charge is 0.371 e. The molecule has 10 nitrogen and oxygen atoms in total. The number of nitrogens with zero attached hydrogens (tertiary/aromatic N) is 3. The number of piperazine rings is 1. The molecule has 1 saturated heterocycles. The average Bonchev–Trinajstić information content (AvgIpc) is 3.73. The van der Waals surface area contributed by atoms with Gasteiger partial charge < -0.3 is 24.2 Å². The minimum atomic E-state index is -1.10. The van der Waals surface area contributed by atoms with Crippen molar-refractivity contribution in [3.63, 3.8) is 0 Å². The van der Waals surface area contributed by atoms with Gasteiger partial charge in [-0.25, -0.2) is 14.8 Å². The number of benzene rings is 2. The van der Waals surface area contributed by atoms with Crippen LogP contribution in [-0.2, 0) is 15.6 Å². The molecule has 2 N–H and O–H groups in total. The van der Waals surface area contributed by atoms with Crippen molar-refractivity contribution in [1.29, 1.82) is 0 Å². The maximum Gasteiger partial charge on any atom is 0.371 e. The summed E-state index contributed by atoms with van der Waals surface area (Å²) in [5.74, 6) is -1.52.